The van der Waals surface area contributed by atoms with Crippen LogP contribution in [-0.4, -0.2) is 37.3 Å². The highest BCUT2D eigenvalue weighted by Crippen LogP contribution is 2.31. The number of thiazole rings is 1. The van der Waals surface area contributed by atoms with Crippen LogP contribution in [0.3, 0.4) is 0 Å². The summed E-state index contributed by atoms with van der Waals surface area (Å²) in [6.07, 6.45) is 2.05. The second-order valence-corrected chi connectivity index (χ2v) is 7.26. The van der Waals surface area contributed by atoms with Gasteiger partial charge >= 0.3 is 0 Å². The van der Waals surface area contributed by atoms with Crippen molar-refractivity contribution in [3.05, 3.63) is 54.1 Å². The zero-order valence-corrected chi connectivity index (χ0v) is 15.4. The third kappa shape index (κ3) is 3.43. The first-order valence-corrected chi connectivity index (χ1v) is 9.49. The van der Waals surface area contributed by atoms with E-state index >= 15 is 0 Å². The lowest BCUT2D eigenvalue weighted by atomic mass is 10.1. The summed E-state index contributed by atoms with van der Waals surface area (Å²) in [7, 11) is 1.60. The maximum absolute atomic E-state index is 13.3. The average Bonchev–Trinajstić information content (AvgIpc) is 3.34. The molecule has 0 radical (unpaired) electrons. The van der Waals surface area contributed by atoms with Crippen molar-refractivity contribution >= 4 is 32.6 Å². The molecular formula is C20H20N2O3S. The quantitative estimate of drug-likeness (QED) is 0.679. The Morgan fingerprint density at radius 3 is 2.96 bits per heavy atom. The number of nitrogens with zero attached hydrogens (tertiary/aromatic N) is 2. The molecule has 1 unspecified atom stereocenters. The molecule has 0 aliphatic carbocycles. The van der Waals surface area contributed by atoms with Crippen LogP contribution < -0.4 is 9.64 Å². The van der Waals surface area contributed by atoms with Crippen LogP contribution in [0.4, 0.5) is 5.13 Å². The molecule has 1 aliphatic heterocycles. The molecule has 5 nitrogen and oxygen atoms in total. The lowest BCUT2D eigenvalue weighted by Crippen LogP contribution is -2.37. The van der Waals surface area contributed by atoms with E-state index in [-0.39, 0.29) is 12.0 Å². The van der Waals surface area contributed by atoms with Crippen LogP contribution in [-0.2, 0) is 4.74 Å². The van der Waals surface area contributed by atoms with Gasteiger partial charge in [0.2, 0.25) is 0 Å². The summed E-state index contributed by atoms with van der Waals surface area (Å²) in [6.45, 7) is 1.27. The molecule has 1 amide bonds. The fraction of sp³-hybridized carbons (Fsp3) is 0.300. The van der Waals surface area contributed by atoms with E-state index in [1.54, 1.807) is 24.1 Å². The van der Waals surface area contributed by atoms with Gasteiger partial charge in [-0.15, -0.1) is 0 Å². The number of hydrogen-bond acceptors (Lipinski definition) is 5. The number of hydrogen-bond donors (Lipinski definition) is 0. The predicted octanol–water partition coefficient (Wildman–Crippen LogP) is 4.13. The maximum Gasteiger partial charge on any atom is 0.260 e. The third-order valence-electron chi connectivity index (χ3n) is 4.49. The second-order valence-electron chi connectivity index (χ2n) is 6.25. The molecule has 1 aliphatic rings. The molecule has 1 aromatic heterocycles. The Morgan fingerprint density at radius 1 is 1.31 bits per heavy atom. The minimum Gasteiger partial charge on any atom is -0.497 e. The molecule has 6 heteroatoms. The highest BCUT2D eigenvalue weighted by molar-refractivity contribution is 7.22. The number of amides is 1. The number of fused-ring (bicyclic) bond motifs is 1. The van der Waals surface area contributed by atoms with Crippen molar-refractivity contribution in [3.8, 4) is 5.75 Å². The fourth-order valence-corrected chi connectivity index (χ4v) is 4.10. The van der Waals surface area contributed by atoms with Crippen molar-refractivity contribution in [1.82, 2.24) is 4.98 Å². The molecule has 0 saturated carbocycles. The Labute approximate surface area is 156 Å². The van der Waals surface area contributed by atoms with E-state index in [1.807, 2.05) is 36.4 Å². The summed E-state index contributed by atoms with van der Waals surface area (Å²) in [5.41, 5.74) is 1.49. The number of para-hydroxylation sites is 1. The Bertz CT molecular complexity index is 885. The molecule has 1 fully saturated rings. The summed E-state index contributed by atoms with van der Waals surface area (Å²) in [5, 5.41) is 0.703. The number of carbonyl (C=O) groups is 1. The summed E-state index contributed by atoms with van der Waals surface area (Å²) >= 11 is 1.53. The predicted molar refractivity (Wildman–Crippen MR) is 103 cm³/mol. The minimum atomic E-state index is -0.0848. The van der Waals surface area contributed by atoms with Gasteiger partial charge < -0.3 is 9.47 Å². The van der Waals surface area contributed by atoms with E-state index in [4.69, 9.17) is 9.47 Å². The number of anilines is 1. The lowest BCUT2D eigenvalue weighted by Gasteiger charge is -2.23. The molecule has 134 valence electrons. The molecule has 1 atom stereocenters. The summed E-state index contributed by atoms with van der Waals surface area (Å²) in [5.74, 6) is 0.579. The van der Waals surface area contributed by atoms with Gasteiger partial charge in [-0.25, -0.2) is 4.98 Å². The summed E-state index contributed by atoms with van der Waals surface area (Å²) < 4.78 is 12.1. The fourth-order valence-electron chi connectivity index (χ4n) is 3.13. The third-order valence-corrected chi connectivity index (χ3v) is 5.54. The molecule has 26 heavy (non-hydrogen) atoms. The summed E-state index contributed by atoms with van der Waals surface area (Å²) in [6, 6.07) is 15.2. The van der Waals surface area contributed by atoms with Gasteiger partial charge in [0.05, 0.1) is 30.0 Å². The van der Waals surface area contributed by atoms with Crippen molar-refractivity contribution in [1.29, 1.82) is 0 Å². The second kappa shape index (κ2) is 7.43. The van der Waals surface area contributed by atoms with Crippen LogP contribution in [0.5, 0.6) is 5.75 Å². The van der Waals surface area contributed by atoms with Crippen molar-refractivity contribution in [2.45, 2.75) is 18.9 Å². The van der Waals surface area contributed by atoms with E-state index in [0.717, 1.165) is 29.7 Å². The molecule has 2 heterocycles. The first-order chi connectivity index (χ1) is 12.7. The largest absolute Gasteiger partial charge is 0.497 e. The number of rotatable bonds is 5. The van der Waals surface area contributed by atoms with Gasteiger partial charge in [-0.05, 0) is 43.2 Å². The van der Waals surface area contributed by atoms with E-state index in [1.165, 1.54) is 11.3 Å². The first-order valence-electron chi connectivity index (χ1n) is 8.67. The normalized spacial score (nSPS) is 16.7. The van der Waals surface area contributed by atoms with Crippen LogP contribution in [0.15, 0.2) is 48.5 Å². The zero-order chi connectivity index (χ0) is 17.9. The van der Waals surface area contributed by atoms with Crippen LogP contribution in [0.25, 0.3) is 10.2 Å². The highest BCUT2D eigenvalue weighted by Gasteiger charge is 2.27. The van der Waals surface area contributed by atoms with E-state index < -0.39 is 0 Å². The molecular weight excluding hydrogens is 348 g/mol. The SMILES string of the molecule is COc1cccc(C(=O)N(CC2CCCO2)c2nc3ccccc3s2)c1. The monoisotopic (exact) mass is 368 g/mol. The van der Waals surface area contributed by atoms with Gasteiger partial charge in [0, 0.05) is 12.2 Å². The highest BCUT2D eigenvalue weighted by atomic mass is 32.1. The number of benzene rings is 2. The van der Waals surface area contributed by atoms with Crippen molar-refractivity contribution in [3.63, 3.8) is 0 Å². The van der Waals surface area contributed by atoms with Crippen molar-refractivity contribution in [2.75, 3.05) is 25.2 Å². The molecule has 2 aromatic carbocycles. The molecule has 0 bridgehead atoms. The van der Waals surface area contributed by atoms with Gasteiger partial charge in [-0.1, -0.05) is 29.5 Å². The lowest BCUT2D eigenvalue weighted by molar-refractivity contribution is 0.0917. The Balaban J connectivity index is 1.70. The van der Waals surface area contributed by atoms with Gasteiger partial charge in [-0.3, -0.25) is 9.69 Å². The molecule has 4 rings (SSSR count). The van der Waals surface area contributed by atoms with Crippen molar-refractivity contribution < 1.29 is 14.3 Å². The summed E-state index contributed by atoms with van der Waals surface area (Å²) in [4.78, 5) is 19.7. The van der Waals surface area contributed by atoms with E-state index in [0.29, 0.717) is 23.0 Å². The smallest absolute Gasteiger partial charge is 0.260 e. The van der Waals surface area contributed by atoms with Gasteiger partial charge in [0.1, 0.15) is 5.75 Å². The molecule has 0 spiro atoms. The van der Waals surface area contributed by atoms with Crippen LogP contribution in [0.1, 0.15) is 23.2 Å². The van der Waals surface area contributed by atoms with Crippen LogP contribution >= 0.6 is 11.3 Å². The Hall–Kier alpha value is -2.44. The number of carbonyl (C=O) groups excluding carboxylic acids is 1. The van der Waals surface area contributed by atoms with Crippen LogP contribution in [0, 0.1) is 0 Å². The minimum absolute atomic E-state index is 0.0524. The van der Waals surface area contributed by atoms with Gasteiger partial charge in [0.15, 0.2) is 5.13 Å². The number of ether oxygens (including phenoxy) is 2. The molecule has 1 saturated heterocycles. The standard InChI is InChI=1S/C20H20N2O3S/c1-24-15-7-4-6-14(12-15)19(23)22(13-16-8-5-11-25-16)20-21-17-9-2-3-10-18(17)26-20/h2-4,6-7,9-10,12,16H,5,8,11,13H2,1H3. The Morgan fingerprint density at radius 2 is 2.19 bits per heavy atom. The number of aromatic nitrogens is 1. The molecule has 3 aromatic rings. The van der Waals surface area contributed by atoms with Gasteiger partial charge in [-0.2, -0.15) is 0 Å². The van der Waals surface area contributed by atoms with Gasteiger partial charge in [0.25, 0.3) is 5.91 Å². The Kier molecular flexibility index (Phi) is 4.86. The topological polar surface area (TPSA) is 51.7 Å². The maximum atomic E-state index is 13.3. The van der Waals surface area contributed by atoms with Crippen LogP contribution in [0.2, 0.25) is 0 Å². The average molecular weight is 368 g/mol. The zero-order valence-electron chi connectivity index (χ0n) is 14.6. The molecule has 0 N–H and O–H groups in total. The van der Waals surface area contributed by atoms with E-state index in [9.17, 15) is 4.79 Å². The van der Waals surface area contributed by atoms with Crippen molar-refractivity contribution in [2.24, 2.45) is 0 Å². The number of methoxy groups -OCH3 is 1. The van der Waals surface area contributed by atoms with E-state index in [2.05, 4.69) is 4.98 Å². The first kappa shape index (κ1) is 17.0.